The van der Waals surface area contributed by atoms with Crippen LogP contribution in [0.25, 0.3) is 0 Å². The van der Waals surface area contributed by atoms with Gasteiger partial charge in [0.2, 0.25) is 0 Å². The molecule has 0 aromatic heterocycles. The molecule has 2 unspecified atom stereocenters. The molecule has 2 atom stereocenters. The average molecular weight is 272 g/mol. The van der Waals surface area contributed by atoms with E-state index in [1.165, 1.54) is 6.07 Å². The quantitative estimate of drug-likeness (QED) is 0.565. The van der Waals surface area contributed by atoms with Crippen LogP contribution in [-0.2, 0) is 11.2 Å². The first-order valence-corrected chi connectivity index (χ1v) is 6.64. The summed E-state index contributed by atoms with van der Waals surface area (Å²) in [5.41, 5.74) is 3.41. The van der Waals surface area contributed by atoms with E-state index in [0.717, 1.165) is 18.9 Å². The summed E-state index contributed by atoms with van der Waals surface area (Å²) in [6.45, 7) is 4.59. The van der Waals surface area contributed by atoms with Crippen molar-refractivity contribution in [3.63, 3.8) is 0 Å². The summed E-state index contributed by atoms with van der Waals surface area (Å²) in [4.78, 5) is 0. The fraction of sp³-hybridized carbons (Fsp3) is 0.571. The monoisotopic (exact) mass is 272 g/mol. The molecule has 0 spiro atoms. The van der Waals surface area contributed by atoms with Crippen molar-refractivity contribution in [3.05, 3.63) is 35.4 Å². The molecule has 0 fully saturated rings. The van der Waals surface area contributed by atoms with E-state index in [-0.39, 0.29) is 12.1 Å². The van der Waals surface area contributed by atoms with Gasteiger partial charge in [-0.2, -0.15) is 0 Å². The predicted molar refractivity (Wildman–Crippen MR) is 71.5 cm³/mol. The standard InChI is InChI=1S/C14H22F2N2O/c1-3-5-14(19-4-2)13(18-17)9-10-6-7-11(15)12(16)8-10/h6-8,13-14,18H,3-5,9,17H2,1-2H3. The topological polar surface area (TPSA) is 47.3 Å². The highest BCUT2D eigenvalue weighted by Gasteiger charge is 2.20. The Balaban J connectivity index is 2.75. The lowest BCUT2D eigenvalue weighted by atomic mass is 9.98. The molecule has 19 heavy (non-hydrogen) atoms. The Morgan fingerprint density at radius 2 is 2.00 bits per heavy atom. The molecule has 0 bridgehead atoms. The van der Waals surface area contributed by atoms with Gasteiger partial charge in [-0.25, -0.2) is 8.78 Å². The van der Waals surface area contributed by atoms with Crippen LogP contribution in [-0.4, -0.2) is 18.8 Å². The summed E-state index contributed by atoms with van der Waals surface area (Å²) in [7, 11) is 0. The first-order valence-electron chi connectivity index (χ1n) is 6.64. The molecule has 1 aromatic carbocycles. The lowest BCUT2D eigenvalue weighted by molar-refractivity contribution is 0.0281. The highest BCUT2D eigenvalue weighted by atomic mass is 19.2. The number of nitrogens with two attached hydrogens (primary N) is 1. The van der Waals surface area contributed by atoms with E-state index in [4.69, 9.17) is 10.6 Å². The number of rotatable bonds is 8. The number of hydrogen-bond donors (Lipinski definition) is 2. The van der Waals surface area contributed by atoms with Gasteiger partial charge in [0.15, 0.2) is 11.6 Å². The maximum Gasteiger partial charge on any atom is 0.159 e. The smallest absolute Gasteiger partial charge is 0.159 e. The van der Waals surface area contributed by atoms with Gasteiger partial charge in [0.25, 0.3) is 0 Å². The molecule has 0 amide bonds. The molecule has 108 valence electrons. The van der Waals surface area contributed by atoms with E-state index >= 15 is 0 Å². The van der Waals surface area contributed by atoms with Crippen molar-refractivity contribution < 1.29 is 13.5 Å². The Bertz CT molecular complexity index is 382. The van der Waals surface area contributed by atoms with Crippen molar-refractivity contribution in [2.45, 2.75) is 45.3 Å². The summed E-state index contributed by atoms with van der Waals surface area (Å²) >= 11 is 0. The average Bonchev–Trinajstić information content (AvgIpc) is 2.40. The van der Waals surface area contributed by atoms with Crippen LogP contribution in [0.1, 0.15) is 32.3 Å². The van der Waals surface area contributed by atoms with Crippen LogP contribution < -0.4 is 11.3 Å². The molecular weight excluding hydrogens is 250 g/mol. The molecule has 0 radical (unpaired) electrons. The third-order valence-corrected chi connectivity index (χ3v) is 3.06. The Morgan fingerprint density at radius 3 is 2.53 bits per heavy atom. The van der Waals surface area contributed by atoms with E-state index in [0.29, 0.717) is 18.6 Å². The Morgan fingerprint density at radius 1 is 1.26 bits per heavy atom. The van der Waals surface area contributed by atoms with Crippen molar-refractivity contribution in [1.82, 2.24) is 5.43 Å². The highest BCUT2D eigenvalue weighted by molar-refractivity contribution is 5.19. The summed E-state index contributed by atoms with van der Waals surface area (Å²) in [5, 5.41) is 0. The maximum atomic E-state index is 13.2. The zero-order chi connectivity index (χ0) is 14.3. The molecular formula is C14H22F2N2O. The molecule has 5 heteroatoms. The molecule has 0 saturated carbocycles. The fourth-order valence-corrected chi connectivity index (χ4v) is 2.12. The van der Waals surface area contributed by atoms with Gasteiger partial charge in [0, 0.05) is 6.61 Å². The minimum atomic E-state index is -0.837. The third-order valence-electron chi connectivity index (χ3n) is 3.06. The van der Waals surface area contributed by atoms with Gasteiger partial charge >= 0.3 is 0 Å². The SMILES string of the molecule is CCCC(OCC)C(Cc1ccc(F)c(F)c1)NN. The van der Waals surface area contributed by atoms with Crippen LogP contribution in [0.2, 0.25) is 0 Å². The van der Waals surface area contributed by atoms with Crippen LogP contribution in [0.4, 0.5) is 8.78 Å². The second-order valence-electron chi connectivity index (χ2n) is 4.51. The van der Waals surface area contributed by atoms with Crippen LogP contribution in [0.5, 0.6) is 0 Å². The van der Waals surface area contributed by atoms with E-state index in [1.807, 2.05) is 6.92 Å². The van der Waals surface area contributed by atoms with Gasteiger partial charge in [0.05, 0.1) is 12.1 Å². The normalized spacial score (nSPS) is 14.4. The predicted octanol–water partition coefficient (Wildman–Crippen LogP) is 2.54. The second kappa shape index (κ2) is 8.19. The molecule has 0 aliphatic carbocycles. The Labute approximate surface area is 113 Å². The number of hydrazine groups is 1. The summed E-state index contributed by atoms with van der Waals surface area (Å²) in [6.07, 6.45) is 2.30. The minimum absolute atomic E-state index is 0.0342. The summed E-state index contributed by atoms with van der Waals surface area (Å²) in [6, 6.07) is 3.78. The molecule has 1 aromatic rings. The van der Waals surface area contributed by atoms with Crippen LogP contribution in [0.3, 0.4) is 0 Å². The zero-order valence-electron chi connectivity index (χ0n) is 11.5. The van der Waals surface area contributed by atoms with Gasteiger partial charge in [-0.3, -0.25) is 11.3 Å². The summed E-state index contributed by atoms with van der Waals surface area (Å²) in [5.74, 6) is 3.88. The van der Waals surface area contributed by atoms with E-state index < -0.39 is 11.6 Å². The van der Waals surface area contributed by atoms with Crippen molar-refractivity contribution in [1.29, 1.82) is 0 Å². The van der Waals surface area contributed by atoms with Crippen LogP contribution in [0.15, 0.2) is 18.2 Å². The molecule has 1 rings (SSSR count). The van der Waals surface area contributed by atoms with Crippen molar-refractivity contribution in [3.8, 4) is 0 Å². The van der Waals surface area contributed by atoms with Gasteiger partial charge in [0.1, 0.15) is 0 Å². The molecule has 0 saturated heterocycles. The number of hydrogen-bond acceptors (Lipinski definition) is 3. The van der Waals surface area contributed by atoms with Gasteiger partial charge in [-0.15, -0.1) is 0 Å². The molecule has 3 nitrogen and oxygen atoms in total. The second-order valence-corrected chi connectivity index (χ2v) is 4.51. The van der Waals surface area contributed by atoms with Crippen molar-refractivity contribution >= 4 is 0 Å². The van der Waals surface area contributed by atoms with Crippen molar-refractivity contribution in [2.75, 3.05) is 6.61 Å². The minimum Gasteiger partial charge on any atom is -0.377 e. The maximum absolute atomic E-state index is 13.2. The largest absolute Gasteiger partial charge is 0.377 e. The van der Waals surface area contributed by atoms with E-state index in [2.05, 4.69) is 12.3 Å². The number of ether oxygens (including phenoxy) is 1. The molecule has 0 heterocycles. The first kappa shape index (κ1) is 16.0. The molecule has 0 aliphatic heterocycles. The highest BCUT2D eigenvalue weighted by Crippen LogP contribution is 2.15. The Kier molecular flexibility index (Phi) is 6.91. The van der Waals surface area contributed by atoms with Gasteiger partial charge in [-0.1, -0.05) is 19.4 Å². The van der Waals surface area contributed by atoms with Gasteiger partial charge in [-0.05, 0) is 37.5 Å². The molecule has 3 N–H and O–H groups in total. The van der Waals surface area contributed by atoms with Crippen LogP contribution >= 0.6 is 0 Å². The molecule has 0 aliphatic rings. The van der Waals surface area contributed by atoms with E-state index in [1.54, 1.807) is 6.07 Å². The lowest BCUT2D eigenvalue weighted by Gasteiger charge is -2.26. The third kappa shape index (κ3) is 4.86. The Hall–Kier alpha value is -1.04. The fourth-order valence-electron chi connectivity index (χ4n) is 2.12. The number of halogens is 2. The van der Waals surface area contributed by atoms with E-state index in [9.17, 15) is 8.78 Å². The number of nitrogens with one attached hydrogen (secondary N) is 1. The summed E-state index contributed by atoms with van der Waals surface area (Å²) < 4.78 is 31.7. The zero-order valence-corrected chi connectivity index (χ0v) is 11.5. The lowest BCUT2D eigenvalue weighted by Crippen LogP contribution is -2.46. The van der Waals surface area contributed by atoms with Gasteiger partial charge < -0.3 is 4.74 Å². The number of benzene rings is 1. The van der Waals surface area contributed by atoms with Crippen LogP contribution in [0, 0.1) is 11.6 Å². The van der Waals surface area contributed by atoms with Crippen molar-refractivity contribution in [2.24, 2.45) is 5.84 Å². The first-order chi connectivity index (χ1) is 9.12.